The molecule has 0 bridgehead atoms. The number of carbonyl (C=O) groups is 2. The van der Waals surface area contributed by atoms with Crippen molar-refractivity contribution in [1.82, 2.24) is 15.2 Å². The summed E-state index contributed by atoms with van der Waals surface area (Å²) in [6.07, 6.45) is 3.07. The van der Waals surface area contributed by atoms with Crippen LogP contribution in [0.15, 0.2) is 72.9 Å². The van der Waals surface area contributed by atoms with E-state index in [1.54, 1.807) is 12.1 Å². The molecule has 6 nitrogen and oxygen atoms in total. The molecule has 3 aromatic rings. The molecule has 30 heavy (non-hydrogen) atoms. The summed E-state index contributed by atoms with van der Waals surface area (Å²) in [5.41, 5.74) is 2.53. The first-order valence-corrected chi connectivity index (χ1v) is 10.00. The molecular formula is C24H23N3O3. The fourth-order valence-electron chi connectivity index (χ4n) is 3.40. The van der Waals surface area contributed by atoms with Crippen LogP contribution >= 0.6 is 0 Å². The van der Waals surface area contributed by atoms with Crippen LogP contribution in [-0.2, 0) is 17.9 Å². The number of hydrogen-bond donors (Lipinski definition) is 1. The second-order valence-electron chi connectivity index (χ2n) is 7.22. The first kappa shape index (κ1) is 19.6. The van der Waals surface area contributed by atoms with Crippen molar-refractivity contribution < 1.29 is 14.3 Å². The van der Waals surface area contributed by atoms with E-state index < -0.39 is 0 Å². The number of carbonyl (C=O) groups excluding carboxylic acids is 2. The maximum atomic E-state index is 12.4. The predicted octanol–water partition coefficient (Wildman–Crippen LogP) is 3.93. The molecule has 1 aliphatic rings. The fourth-order valence-corrected chi connectivity index (χ4v) is 3.40. The summed E-state index contributed by atoms with van der Waals surface area (Å²) in [5, 5.41) is 2.91. The van der Waals surface area contributed by atoms with E-state index in [2.05, 4.69) is 10.3 Å². The van der Waals surface area contributed by atoms with Gasteiger partial charge < -0.3 is 15.0 Å². The van der Waals surface area contributed by atoms with Crippen molar-refractivity contribution in [2.75, 3.05) is 6.54 Å². The largest absolute Gasteiger partial charge is 0.439 e. The van der Waals surface area contributed by atoms with Gasteiger partial charge in [-0.2, -0.15) is 0 Å². The Balaban J connectivity index is 1.32. The SMILES string of the molecule is O=C(NCc1cccc(CN2CCCC2=O)c1)c1ccc(Oc2ccccc2)nc1. The molecule has 0 radical (unpaired) electrons. The molecule has 1 aliphatic heterocycles. The normalized spacial score (nSPS) is 13.3. The Bertz CT molecular complexity index is 1020. The van der Waals surface area contributed by atoms with Crippen LogP contribution < -0.4 is 10.1 Å². The number of aromatic nitrogens is 1. The van der Waals surface area contributed by atoms with Crippen LogP contribution in [0, 0.1) is 0 Å². The zero-order valence-corrected chi connectivity index (χ0v) is 16.6. The monoisotopic (exact) mass is 401 g/mol. The highest BCUT2D eigenvalue weighted by molar-refractivity contribution is 5.93. The van der Waals surface area contributed by atoms with Gasteiger partial charge in [0.15, 0.2) is 0 Å². The summed E-state index contributed by atoms with van der Waals surface area (Å²) in [5.74, 6) is 1.13. The van der Waals surface area contributed by atoms with E-state index in [1.165, 1.54) is 6.20 Å². The number of pyridine rings is 1. The fraction of sp³-hybridized carbons (Fsp3) is 0.208. The van der Waals surface area contributed by atoms with Crippen molar-refractivity contribution in [3.63, 3.8) is 0 Å². The van der Waals surface area contributed by atoms with E-state index >= 15 is 0 Å². The van der Waals surface area contributed by atoms with Gasteiger partial charge in [-0.05, 0) is 35.7 Å². The Morgan fingerprint density at radius 2 is 1.87 bits per heavy atom. The maximum Gasteiger partial charge on any atom is 0.253 e. The highest BCUT2D eigenvalue weighted by Crippen LogP contribution is 2.19. The number of ether oxygens (including phenoxy) is 1. The highest BCUT2D eigenvalue weighted by atomic mass is 16.5. The minimum absolute atomic E-state index is 0.200. The van der Waals surface area contributed by atoms with E-state index in [0.717, 1.165) is 24.1 Å². The van der Waals surface area contributed by atoms with Gasteiger partial charge in [-0.15, -0.1) is 0 Å². The quantitative estimate of drug-likeness (QED) is 0.651. The van der Waals surface area contributed by atoms with Crippen LogP contribution in [0.1, 0.15) is 34.3 Å². The number of hydrogen-bond acceptors (Lipinski definition) is 4. The van der Waals surface area contributed by atoms with Crippen molar-refractivity contribution in [2.45, 2.75) is 25.9 Å². The lowest BCUT2D eigenvalue weighted by atomic mass is 10.1. The van der Waals surface area contributed by atoms with Crippen molar-refractivity contribution >= 4 is 11.8 Å². The highest BCUT2D eigenvalue weighted by Gasteiger charge is 2.20. The van der Waals surface area contributed by atoms with Crippen LogP contribution in [-0.4, -0.2) is 28.2 Å². The van der Waals surface area contributed by atoms with Gasteiger partial charge in [0, 0.05) is 38.3 Å². The third kappa shape index (κ3) is 5.03. The molecule has 2 heterocycles. The van der Waals surface area contributed by atoms with Gasteiger partial charge in [-0.1, -0.05) is 42.5 Å². The molecule has 2 aromatic carbocycles. The number of nitrogens with one attached hydrogen (secondary N) is 1. The molecule has 0 atom stereocenters. The topological polar surface area (TPSA) is 71.5 Å². The summed E-state index contributed by atoms with van der Waals surface area (Å²) >= 11 is 0. The van der Waals surface area contributed by atoms with Crippen LogP contribution in [0.5, 0.6) is 11.6 Å². The van der Waals surface area contributed by atoms with Crippen molar-refractivity contribution in [3.05, 3.63) is 89.6 Å². The van der Waals surface area contributed by atoms with E-state index in [1.807, 2.05) is 59.5 Å². The zero-order valence-electron chi connectivity index (χ0n) is 16.6. The smallest absolute Gasteiger partial charge is 0.253 e. The minimum atomic E-state index is -0.200. The molecule has 0 spiro atoms. The number of likely N-dealkylation sites (tertiary alicyclic amines) is 1. The van der Waals surface area contributed by atoms with E-state index in [9.17, 15) is 9.59 Å². The molecular weight excluding hydrogens is 378 g/mol. The molecule has 1 N–H and O–H groups in total. The minimum Gasteiger partial charge on any atom is -0.439 e. The van der Waals surface area contributed by atoms with Crippen molar-refractivity contribution in [1.29, 1.82) is 0 Å². The number of para-hydroxylation sites is 1. The lowest BCUT2D eigenvalue weighted by Crippen LogP contribution is -2.24. The second kappa shape index (κ2) is 9.22. The Morgan fingerprint density at radius 1 is 1.03 bits per heavy atom. The van der Waals surface area contributed by atoms with Crippen LogP contribution in [0.2, 0.25) is 0 Å². The molecule has 1 saturated heterocycles. The molecule has 0 unspecified atom stereocenters. The first-order valence-electron chi connectivity index (χ1n) is 10.00. The standard InChI is InChI=1S/C24H23N3O3/c28-23-10-5-13-27(23)17-19-7-4-6-18(14-19)15-26-24(29)20-11-12-22(25-16-20)30-21-8-2-1-3-9-21/h1-4,6-9,11-12,14,16H,5,10,13,15,17H2,(H,26,29). The Labute approximate surface area is 175 Å². The summed E-state index contributed by atoms with van der Waals surface area (Å²) in [4.78, 5) is 30.4. The number of benzene rings is 2. The molecule has 0 aliphatic carbocycles. The van der Waals surface area contributed by atoms with Crippen LogP contribution in [0.3, 0.4) is 0 Å². The van der Waals surface area contributed by atoms with E-state index in [-0.39, 0.29) is 11.8 Å². The van der Waals surface area contributed by atoms with Gasteiger partial charge in [0.25, 0.3) is 5.91 Å². The lowest BCUT2D eigenvalue weighted by molar-refractivity contribution is -0.128. The van der Waals surface area contributed by atoms with Crippen LogP contribution in [0.25, 0.3) is 0 Å². The Hall–Kier alpha value is -3.67. The van der Waals surface area contributed by atoms with Gasteiger partial charge in [-0.3, -0.25) is 9.59 Å². The van der Waals surface area contributed by atoms with Crippen molar-refractivity contribution in [2.24, 2.45) is 0 Å². The second-order valence-corrected chi connectivity index (χ2v) is 7.22. The van der Waals surface area contributed by atoms with E-state index in [4.69, 9.17) is 4.74 Å². The molecule has 152 valence electrons. The number of rotatable bonds is 7. The zero-order chi connectivity index (χ0) is 20.8. The van der Waals surface area contributed by atoms with Crippen molar-refractivity contribution in [3.8, 4) is 11.6 Å². The van der Waals surface area contributed by atoms with Gasteiger partial charge >= 0.3 is 0 Å². The lowest BCUT2D eigenvalue weighted by Gasteiger charge is -2.16. The maximum absolute atomic E-state index is 12.4. The van der Waals surface area contributed by atoms with Crippen LogP contribution in [0.4, 0.5) is 0 Å². The van der Waals surface area contributed by atoms with Gasteiger partial charge in [0.05, 0.1) is 5.56 Å². The molecule has 6 heteroatoms. The summed E-state index contributed by atoms with van der Waals surface area (Å²) in [7, 11) is 0. The Kier molecular flexibility index (Phi) is 6.03. The third-order valence-electron chi connectivity index (χ3n) is 4.95. The van der Waals surface area contributed by atoms with Gasteiger partial charge in [0.1, 0.15) is 5.75 Å². The molecule has 4 rings (SSSR count). The van der Waals surface area contributed by atoms with Gasteiger partial charge in [0.2, 0.25) is 11.8 Å². The first-order chi connectivity index (χ1) is 14.7. The Morgan fingerprint density at radius 3 is 2.60 bits per heavy atom. The average Bonchev–Trinajstić information content (AvgIpc) is 3.18. The molecule has 2 amide bonds. The average molecular weight is 401 g/mol. The number of amides is 2. The molecule has 1 fully saturated rings. The van der Waals surface area contributed by atoms with Gasteiger partial charge in [-0.25, -0.2) is 4.98 Å². The number of nitrogens with zero attached hydrogens (tertiary/aromatic N) is 2. The summed E-state index contributed by atoms with van der Waals surface area (Å²) in [6, 6.07) is 20.7. The summed E-state index contributed by atoms with van der Waals surface area (Å²) in [6.45, 7) is 1.84. The van der Waals surface area contributed by atoms with E-state index in [0.29, 0.717) is 36.7 Å². The molecule has 0 saturated carbocycles. The molecule has 1 aromatic heterocycles. The third-order valence-corrected chi connectivity index (χ3v) is 4.95. The predicted molar refractivity (Wildman–Crippen MR) is 113 cm³/mol. The summed E-state index contributed by atoms with van der Waals surface area (Å²) < 4.78 is 5.65.